The monoisotopic (exact) mass is 633 g/mol. The van der Waals surface area contributed by atoms with Gasteiger partial charge >= 0.3 is 0 Å². The lowest BCUT2D eigenvalue weighted by Crippen LogP contribution is -2.52. The molecule has 0 aliphatic heterocycles. The molecule has 1 atom stereocenters. The van der Waals surface area contributed by atoms with Crippen LogP contribution in [0.5, 0.6) is 5.75 Å². The number of rotatable bonds is 14. The molecular weight excluding hydrogens is 597 g/mol. The Labute approximate surface area is 258 Å². The minimum atomic E-state index is -4.16. The van der Waals surface area contributed by atoms with Gasteiger partial charge in [-0.2, -0.15) is 0 Å². The highest BCUT2D eigenvalue weighted by molar-refractivity contribution is 7.92. The maximum Gasteiger partial charge on any atom is 0.264 e. The normalized spacial score (nSPS) is 12.1. The summed E-state index contributed by atoms with van der Waals surface area (Å²) in [6.07, 6.45) is 0.311. The van der Waals surface area contributed by atoms with E-state index >= 15 is 0 Å². The Morgan fingerprint density at radius 2 is 1.60 bits per heavy atom. The van der Waals surface area contributed by atoms with Gasteiger partial charge in [0, 0.05) is 13.1 Å². The van der Waals surface area contributed by atoms with E-state index in [1.807, 2.05) is 20.8 Å². The van der Waals surface area contributed by atoms with Gasteiger partial charge in [-0.25, -0.2) is 8.42 Å². The van der Waals surface area contributed by atoms with E-state index in [1.165, 1.54) is 17.0 Å². The number of anilines is 1. The van der Waals surface area contributed by atoms with Crippen molar-refractivity contribution in [2.24, 2.45) is 5.92 Å². The van der Waals surface area contributed by atoms with Gasteiger partial charge < -0.3 is 15.0 Å². The number of hydrogen-bond acceptors (Lipinski definition) is 5. The molecule has 0 heterocycles. The molecule has 0 saturated carbocycles. The van der Waals surface area contributed by atoms with Crippen LogP contribution in [0.3, 0.4) is 0 Å². The van der Waals surface area contributed by atoms with Crippen LogP contribution < -0.4 is 14.4 Å². The van der Waals surface area contributed by atoms with Gasteiger partial charge in [-0.05, 0) is 73.4 Å². The molecule has 0 spiro atoms. The van der Waals surface area contributed by atoms with Gasteiger partial charge in [0.25, 0.3) is 10.0 Å². The summed E-state index contributed by atoms with van der Waals surface area (Å²) in [5.41, 5.74) is 0.925. The Morgan fingerprint density at radius 1 is 0.929 bits per heavy atom. The largest absolute Gasteiger partial charge is 0.494 e. The molecule has 226 valence electrons. The number of sulfonamides is 1. The van der Waals surface area contributed by atoms with Crippen LogP contribution in [0.2, 0.25) is 10.0 Å². The zero-order chi connectivity index (χ0) is 30.9. The first kappa shape index (κ1) is 33.2. The molecule has 3 rings (SSSR count). The lowest BCUT2D eigenvalue weighted by atomic mass is 10.1. The Hall–Kier alpha value is -3.27. The van der Waals surface area contributed by atoms with Crippen molar-refractivity contribution in [3.63, 3.8) is 0 Å². The predicted molar refractivity (Wildman–Crippen MR) is 168 cm³/mol. The smallest absolute Gasteiger partial charge is 0.264 e. The van der Waals surface area contributed by atoms with E-state index < -0.39 is 28.5 Å². The number of nitrogens with one attached hydrogen (secondary N) is 1. The molecule has 0 unspecified atom stereocenters. The van der Waals surface area contributed by atoms with E-state index in [9.17, 15) is 18.0 Å². The average Bonchev–Trinajstić information content (AvgIpc) is 2.97. The van der Waals surface area contributed by atoms with Gasteiger partial charge in [0.2, 0.25) is 11.8 Å². The third kappa shape index (κ3) is 8.63. The predicted octanol–water partition coefficient (Wildman–Crippen LogP) is 6.17. The first-order chi connectivity index (χ1) is 20.0. The lowest BCUT2D eigenvalue weighted by molar-refractivity contribution is -0.140. The van der Waals surface area contributed by atoms with E-state index in [1.54, 1.807) is 67.6 Å². The van der Waals surface area contributed by atoms with Gasteiger partial charge in [-0.1, -0.05) is 68.2 Å². The molecule has 0 aliphatic carbocycles. The standard InChI is InChI=1S/C31H37Cl2N3O5S/c1-5-29(31(38)34-19-22(3)4)35(20-23-12-17-27(32)28(33)18-23)30(37)21-36(24-13-15-25(16-14-24)41-6-2)42(39,40)26-10-8-7-9-11-26/h7-18,22,29H,5-6,19-21H2,1-4H3,(H,34,38)/t29-/m1/s1. The number of ether oxygens (including phenoxy) is 1. The SMILES string of the molecule is CCOc1ccc(N(CC(=O)N(Cc2ccc(Cl)c(Cl)c2)[C@H](CC)C(=O)NCC(C)C)S(=O)(=O)c2ccccc2)cc1. The van der Waals surface area contributed by atoms with Crippen molar-refractivity contribution in [1.82, 2.24) is 10.2 Å². The minimum Gasteiger partial charge on any atom is -0.494 e. The molecule has 2 amide bonds. The highest BCUT2D eigenvalue weighted by Crippen LogP contribution is 2.28. The Kier molecular flexibility index (Phi) is 12.1. The topological polar surface area (TPSA) is 96.0 Å². The van der Waals surface area contributed by atoms with Crippen LogP contribution in [0.4, 0.5) is 5.69 Å². The number of carbonyl (C=O) groups is 2. The third-order valence-electron chi connectivity index (χ3n) is 6.45. The van der Waals surface area contributed by atoms with E-state index in [0.29, 0.717) is 40.9 Å². The van der Waals surface area contributed by atoms with Crippen LogP contribution in [0.25, 0.3) is 0 Å². The Morgan fingerprint density at radius 3 is 2.17 bits per heavy atom. The second-order valence-electron chi connectivity index (χ2n) is 10.1. The summed E-state index contributed by atoms with van der Waals surface area (Å²) in [6.45, 7) is 7.97. The van der Waals surface area contributed by atoms with Crippen LogP contribution >= 0.6 is 23.2 Å². The number of amides is 2. The van der Waals surface area contributed by atoms with E-state index in [-0.39, 0.29) is 29.0 Å². The first-order valence-corrected chi connectivity index (χ1v) is 16.0. The molecule has 8 nitrogen and oxygen atoms in total. The molecule has 0 aromatic heterocycles. The molecule has 42 heavy (non-hydrogen) atoms. The summed E-state index contributed by atoms with van der Waals surface area (Å²) >= 11 is 12.4. The second kappa shape index (κ2) is 15.3. The summed E-state index contributed by atoms with van der Waals surface area (Å²) in [5, 5.41) is 3.57. The number of nitrogens with zero attached hydrogens (tertiary/aromatic N) is 2. The van der Waals surface area contributed by atoms with Crippen LogP contribution in [0, 0.1) is 5.92 Å². The summed E-state index contributed by atoms with van der Waals surface area (Å²) in [7, 11) is -4.16. The zero-order valence-electron chi connectivity index (χ0n) is 24.2. The zero-order valence-corrected chi connectivity index (χ0v) is 26.5. The number of carbonyl (C=O) groups excluding carboxylic acids is 2. The fourth-order valence-electron chi connectivity index (χ4n) is 4.30. The van der Waals surface area contributed by atoms with Gasteiger partial charge in [-0.15, -0.1) is 0 Å². The van der Waals surface area contributed by atoms with Crippen molar-refractivity contribution in [1.29, 1.82) is 0 Å². The van der Waals surface area contributed by atoms with Crippen LogP contribution in [-0.4, -0.2) is 50.9 Å². The van der Waals surface area contributed by atoms with Gasteiger partial charge in [0.05, 0.1) is 27.2 Å². The molecule has 11 heteroatoms. The third-order valence-corrected chi connectivity index (χ3v) is 8.98. The quantitative estimate of drug-likeness (QED) is 0.229. The molecule has 0 radical (unpaired) electrons. The van der Waals surface area contributed by atoms with Crippen LogP contribution in [0.15, 0.2) is 77.7 Å². The van der Waals surface area contributed by atoms with Crippen molar-refractivity contribution < 1.29 is 22.7 Å². The summed E-state index contributed by atoms with van der Waals surface area (Å²) in [5.74, 6) is -0.102. The molecule has 1 N–H and O–H groups in total. The fourth-order valence-corrected chi connectivity index (χ4v) is 6.06. The molecule has 0 saturated heterocycles. The fraction of sp³-hybridized carbons (Fsp3) is 0.355. The van der Waals surface area contributed by atoms with Gasteiger partial charge in [-0.3, -0.25) is 13.9 Å². The highest BCUT2D eigenvalue weighted by atomic mass is 35.5. The molecular formula is C31H37Cl2N3O5S. The van der Waals surface area contributed by atoms with Crippen molar-refractivity contribution >= 4 is 50.7 Å². The average molecular weight is 635 g/mol. The van der Waals surface area contributed by atoms with Crippen molar-refractivity contribution in [2.45, 2.75) is 51.6 Å². The Bertz CT molecular complexity index is 1450. The Balaban J connectivity index is 2.05. The van der Waals surface area contributed by atoms with E-state index in [4.69, 9.17) is 27.9 Å². The van der Waals surface area contributed by atoms with Crippen molar-refractivity contribution in [3.05, 3.63) is 88.4 Å². The van der Waals surface area contributed by atoms with E-state index in [2.05, 4.69) is 5.32 Å². The van der Waals surface area contributed by atoms with Gasteiger partial charge in [0.1, 0.15) is 18.3 Å². The van der Waals surface area contributed by atoms with Crippen molar-refractivity contribution in [3.8, 4) is 5.75 Å². The van der Waals surface area contributed by atoms with Crippen LogP contribution in [-0.2, 0) is 26.2 Å². The summed E-state index contributed by atoms with van der Waals surface area (Å²) < 4.78 is 34.4. The number of halogens is 2. The summed E-state index contributed by atoms with van der Waals surface area (Å²) in [6, 6.07) is 18.5. The minimum absolute atomic E-state index is 0.0197. The second-order valence-corrected chi connectivity index (χ2v) is 12.8. The highest BCUT2D eigenvalue weighted by Gasteiger charge is 2.33. The molecule has 3 aromatic rings. The summed E-state index contributed by atoms with van der Waals surface area (Å²) in [4.78, 5) is 28.9. The maximum absolute atomic E-state index is 14.1. The molecule has 3 aromatic carbocycles. The van der Waals surface area contributed by atoms with E-state index in [0.717, 1.165) is 4.31 Å². The molecule has 0 aliphatic rings. The molecule has 0 bridgehead atoms. The number of benzene rings is 3. The van der Waals surface area contributed by atoms with Gasteiger partial charge in [0.15, 0.2) is 0 Å². The number of hydrogen-bond donors (Lipinski definition) is 1. The van der Waals surface area contributed by atoms with Crippen molar-refractivity contribution in [2.75, 3.05) is 24.0 Å². The van der Waals surface area contributed by atoms with Crippen LogP contribution in [0.1, 0.15) is 39.7 Å². The first-order valence-electron chi connectivity index (χ1n) is 13.8. The maximum atomic E-state index is 14.1. The molecule has 0 fully saturated rings. The lowest BCUT2D eigenvalue weighted by Gasteiger charge is -2.33.